The van der Waals surface area contributed by atoms with Crippen molar-refractivity contribution in [1.82, 2.24) is 10.2 Å². The molecule has 2 rings (SSSR count). The number of carbonyl (C=O) groups excluding carboxylic acids is 2. The van der Waals surface area contributed by atoms with Gasteiger partial charge in [0.2, 0.25) is 5.91 Å². The number of rotatable bonds is 4. The Balaban J connectivity index is 1.82. The SMILES string of the molecule is CC1CCCN(C(=O)CC(C)NC(=O)c2ccccc2)C1. The fourth-order valence-corrected chi connectivity index (χ4v) is 2.75. The molecule has 21 heavy (non-hydrogen) atoms. The van der Waals surface area contributed by atoms with Crippen LogP contribution in [0.3, 0.4) is 0 Å². The number of piperidine rings is 1. The molecule has 1 fully saturated rings. The third-order valence-electron chi connectivity index (χ3n) is 3.90. The van der Waals surface area contributed by atoms with Crippen molar-refractivity contribution < 1.29 is 9.59 Å². The lowest BCUT2D eigenvalue weighted by atomic mass is 10.00. The Kier molecular flexibility index (Phi) is 5.37. The highest BCUT2D eigenvalue weighted by Crippen LogP contribution is 2.16. The van der Waals surface area contributed by atoms with Gasteiger partial charge in [-0.1, -0.05) is 25.1 Å². The summed E-state index contributed by atoms with van der Waals surface area (Å²) in [5.41, 5.74) is 0.628. The zero-order valence-corrected chi connectivity index (χ0v) is 12.8. The van der Waals surface area contributed by atoms with E-state index in [2.05, 4.69) is 12.2 Å². The normalized spacial score (nSPS) is 19.9. The highest BCUT2D eigenvalue weighted by Gasteiger charge is 2.22. The van der Waals surface area contributed by atoms with Crippen molar-refractivity contribution >= 4 is 11.8 Å². The summed E-state index contributed by atoms with van der Waals surface area (Å²) in [5.74, 6) is 0.599. The minimum atomic E-state index is -0.151. The van der Waals surface area contributed by atoms with Crippen molar-refractivity contribution in [2.75, 3.05) is 13.1 Å². The van der Waals surface area contributed by atoms with Crippen LogP contribution >= 0.6 is 0 Å². The number of likely N-dealkylation sites (tertiary alicyclic amines) is 1. The summed E-state index contributed by atoms with van der Waals surface area (Å²) in [5, 5.41) is 2.89. The Morgan fingerprint density at radius 2 is 2.05 bits per heavy atom. The lowest BCUT2D eigenvalue weighted by Crippen LogP contribution is -2.43. The van der Waals surface area contributed by atoms with Gasteiger partial charge >= 0.3 is 0 Å². The molecule has 4 nitrogen and oxygen atoms in total. The van der Waals surface area contributed by atoms with Crippen LogP contribution in [-0.4, -0.2) is 35.8 Å². The molecule has 0 spiro atoms. The molecule has 0 saturated carbocycles. The number of hydrogen-bond donors (Lipinski definition) is 1. The van der Waals surface area contributed by atoms with Gasteiger partial charge in [-0.2, -0.15) is 0 Å². The van der Waals surface area contributed by atoms with Crippen molar-refractivity contribution in [3.05, 3.63) is 35.9 Å². The summed E-state index contributed by atoms with van der Waals surface area (Å²) in [6.45, 7) is 5.76. The number of carbonyl (C=O) groups is 2. The second-order valence-corrected chi connectivity index (χ2v) is 6.03. The third kappa shape index (κ3) is 4.59. The maximum absolute atomic E-state index is 12.2. The summed E-state index contributed by atoms with van der Waals surface area (Å²) < 4.78 is 0. The van der Waals surface area contributed by atoms with E-state index in [1.54, 1.807) is 12.1 Å². The van der Waals surface area contributed by atoms with Gasteiger partial charge in [-0.05, 0) is 37.8 Å². The second kappa shape index (κ2) is 7.25. The molecule has 0 bridgehead atoms. The molecule has 0 aromatic heterocycles. The van der Waals surface area contributed by atoms with Crippen LogP contribution in [0.15, 0.2) is 30.3 Å². The summed E-state index contributed by atoms with van der Waals surface area (Å²) in [6.07, 6.45) is 2.65. The maximum atomic E-state index is 12.2. The quantitative estimate of drug-likeness (QED) is 0.925. The fourth-order valence-electron chi connectivity index (χ4n) is 2.75. The minimum absolute atomic E-state index is 0.122. The average Bonchev–Trinajstić information content (AvgIpc) is 2.48. The van der Waals surface area contributed by atoms with E-state index in [9.17, 15) is 9.59 Å². The van der Waals surface area contributed by atoms with Crippen molar-refractivity contribution in [3.8, 4) is 0 Å². The first-order chi connectivity index (χ1) is 10.1. The zero-order valence-electron chi connectivity index (χ0n) is 12.8. The number of benzene rings is 1. The molecule has 2 amide bonds. The molecule has 1 heterocycles. The third-order valence-corrected chi connectivity index (χ3v) is 3.90. The Hall–Kier alpha value is -1.84. The molecule has 1 aromatic rings. The molecule has 0 radical (unpaired) electrons. The standard InChI is InChI=1S/C17H24N2O2/c1-13-7-6-10-19(12-13)16(20)11-14(2)18-17(21)15-8-4-3-5-9-15/h3-5,8-9,13-14H,6-7,10-12H2,1-2H3,(H,18,21). The van der Waals surface area contributed by atoms with E-state index < -0.39 is 0 Å². The van der Waals surface area contributed by atoms with E-state index in [1.807, 2.05) is 30.0 Å². The number of nitrogens with one attached hydrogen (secondary N) is 1. The van der Waals surface area contributed by atoms with Crippen LogP contribution in [0, 0.1) is 5.92 Å². The smallest absolute Gasteiger partial charge is 0.251 e. The first-order valence-corrected chi connectivity index (χ1v) is 7.70. The number of nitrogens with zero attached hydrogens (tertiary/aromatic N) is 1. The minimum Gasteiger partial charge on any atom is -0.349 e. The van der Waals surface area contributed by atoms with Crippen LogP contribution < -0.4 is 5.32 Å². The van der Waals surface area contributed by atoms with E-state index in [-0.39, 0.29) is 17.9 Å². The highest BCUT2D eigenvalue weighted by atomic mass is 16.2. The van der Waals surface area contributed by atoms with E-state index in [0.717, 1.165) is 19.5 Å². The Morgan fingerprint density at radius 1 is 1.33 bits per heavy atom. The van der Waals surface area contributed by atoms with Crippen molar-refractivity contribution in [2.24, 2.45) is 5.92 Å². The first kappa shape index (κ1) is 15.5. The van der Waals surface area contributed by atoms with Crippen molar-refractivity contribution in [2.45, 2.75) is 39.2 Å². The molecule has 1 saturated heterocycles. The molecule has 2 unspecified atom stereocenters. The molecule has 1 aliphatic rings. The molecular weight excluding hydrogens is 264 g/mol. The van der Waals surface area contributed by atoms with Gasteiger partial charge in [0.1, 0.15) is 0 Å². The van der Waals surface area contributed by atoms with Crippen LogP contribution in [-0.2, 0) is 4.79 Å². The fraction of sp³-hybridized carbons (Fsp3) is 0.529. The zero-order chi connectivity index (χ0) is 15.2. The summed E-state index contributed by atoms with van der Waals surface area (Å²) in [4.78, 5) is 26.2. The van der Waals surface area contributed by atoms with Gasteiger partial charge in [0.05, 0.1) is 0 Å². The topological polar surface area (TPSA) is 49.4 Å². The molecule has 4 heteroatoms. The van der Waals surface area contributed by atoms with Gasteiger partial charge in [-0.15, -0.1) is 0 Å². The van der Waals surface area contributed by atoms with Crippen LogP contribution in [0.2, 0.25) is 0 Å². The Bertz CT molecular complexity index is 487. The average molecular weight is 288 g/mol. The van der Waals surface area contributed by atoms with E-state index in [4.69, 9.17) is 0 Å². The van der Waals surface area contributed by atoms with Gasteiger partial charge in [0, 0.05) is 31.1 Å². The van der Waals surface area contributed by atoms with Gasteiger partial charge in [-0.3, -0.25) is 9.59 Å². The lowest BCUT2D eigenvalue weighted by molar-refractivity contribution is -0.133. The van der Waals surface area contributed by atoms with Crippen LogP contribution in [0.25, 0.3) is 0 Å². The lowest BCUT2D eigenvalue weighted by Gasteiger charge is -2.31. The Labute approximate surface area is 126 Å². The largest absolute Gasteiger partial charge is 0.349 e. The Morgan fingerprint density at radius 3 is 2.71 bits per heavy atom. The van der Waals surface area contributed by atoms with E-state index in [0.29, 0.717) is 17.9 Å². The van der Waals surface area contributed by atoms with Gasteiger partial charge in [0.25, 0.3) is 5.91 Å². The van der Waals surface area contributed by atoms with Gasteiger partial charge in [-0.25, -0.2) is 0 Å². The predicted molar refractivity (Wildman–Crippen MR) is 83.0 cm³/mol. The predicted octanol–water partition coefficient (Wildman–Crippen LogP) is 2.45. The highest BCUT2D eigenvalue weighted by molar-refractivity contribution is 5.94. The summed E-state index contributed by atoms with van der Waals surface area (Å²) >= 11 is 0. The molecule has 114 valence electrons. The van der Waals surface area contributed by atoms with Crippen molar-refractivity contribution in [3.63, 3.8) is 0 Å². The molecule has 1 N–H and O–H groups in total. The number of amides is 2. The number of hydrogen-bond acceptors (Lipinski definition) is 2. The molecule has 1 aliphatic heterocycles. The van der Waals surface area contributed by atoms with E-state index >= 15 is 0 Å². The summed E-state index contributed by atoms with van der Waals surface area (Å²) in [7, 11) is 0. The molecule has 0 aliphatic carbocycles. The van der Waals surface area contributed by atoms with Crippen LogP contribution in [0.5, 0.6) is 0 Å². The van der Waals surface area contributed by atoms with Crippen molar-refractivity contribution in [1.29, 1.82) is 0 Å². The molecule has 1 aromatic carbocycles. The first-order valence-electron chi connectivity index (χ1n) is 7.70. The second-order valence-electron chi connectivity index (χ2n) is 6.03. The molecular formula is C17H24N2O2. The monoisotopic (exact) mass is 288 g/mol. The van der Waals surface area contributed by atoms with Gasteiger partial charge < -0.3 is 10.2 Å². The van der Waals surface area contributed by atoms with E-state index in [1.165, 1.54) is 6.42 Å². The van der Waals surface area contributed by atoms with Crippen LogP contribution in [0.1, 0.15) is 43.5 Å². The van der Waals surface area contributed by atoms with Gasteiger partial charge in [0.15, 0.2) is 0 Å². The van der Waals surface area contributed by atoms with Crippen LogP contribution in [0.4, 0.5) is 0 Å². The maximum Gasteiger partial charge on any atom is 0.251 e. The summed E-state index contributed by atoms with van der Waals surface area (Å²) in [6, 6.07) is 8.94. The molecule has 2 atom stereocenters.